The van der Waals surface area contributed by atoms with E-state index in [0.29, 0.717) is 24.7 Å². The lowest BCUT2D eigenvalue weighted by Crippen LogP contribution is -2.09. The number of rotatable bonds is 30. The van der Waals surface area contributed by atoms with E-state index in [1.807, 2.05) is 0 Å². The Labute approximate surface area is 261 Å². The molecule has 0 saturated carbocycles. The minimum atomic E-state index is -0.120. The van der Waals surface area contributed by atoms with Crippen LogP contribution in [0, 0.1) is 0 Å². The van der Waals surface area contributed by atoms with E-state index in [4.69, 9.17) is 9.47 Å². The molecule has 0 aliphatic rings. The normalized spacial score (nSPS) is 11.3. The topological polar surface area (TPSA) is 58.9 Å². The first-order valence-electron chi connectivity index (χ1n) is 18.5. The number of hydrogen-bond donors (Lipinski definition) is 2. The first-order chi connectivity index (χ1) is 20.6. The Morgan fingerprint density at radius 3 is 1.12 bits per heavy atom. The van der Waals surface area contributed by atoms with Crippen LogP contribution in [0.3, 0.4) is 0 Å². The molecule has 1 aromatic rings. The molecule has 2 N–H and O–H groups in total. The van der Waals surface area contributed by atoms with E-state index >= 15 is 0 Å². The maximum absolute atomic E-state index is 11.3. The lowest BCUT2D eigenvalue weighted by Gasteiger charge is -2.22. The molecule has 1 aromatic carbocycles. The molecule has 0 heterocycles. The third-order valence-electron chi connectivity index (χ3n) is 8.62. The van der Waals surface area contributed by atoms with Gasteiger partial charge in [0.2, 0.25) is 11.5 Å². The van der Waals surface area contributed by atoms with Crippen LogP contribution in [0.15, 0.2) is 0 Å². The number of phenols is 2. The number of ether oxygens (including phenoxy) is 2. The molecule has 0 amide bonds. The van der Waals surface area contributed by atoms with Crippen LogP contribution in [0.1, 0.15) is 193 Å². The fourth-order valence-corrected chi connectivity index (χ4v) is 5.87. The smallest absolute Gasteiger partial charge is 0.207 e. The van der Waals surface area contributed by atoms with E-state index in [9.17, 15) is 10.2 Å². The molecule has 0 radical (unpaired) electrons. The zero-order chi connectivity index (χ0) is 30.7. The molecule has 0 aliphatic carbocycles. The third kappa shape index (κ3) is 16.9. The van der Waals surface area contributed by atoms with Crippen molar-refractivity contribution in [3.8, 4) is 23.0 Å². The second-order valence-corrected chi connectivity index (χ2v) is 12.6. The van der Waals surface area contributed by atoms with Gasteiger partial charge >= 0.3 is 0 Å². The van der Waals surface area contributed by atoms with Gasteiger partial charge < -0.3 is 19.7 Å². The molecular weight excluding hydrogens is 520 g/mol. The molecule has 0 aliphatic heterocycles. The summed E-state index contributed by atoms with van der Waals surface area (Å²) in [4.78, 5) is 0. The number of aromatic hydroxyl groups is 2. The molecule has 246 valence electrons. The molecule has 4 heteroatoms. The first-order valence-corrected chi connectivity index (χ1v) is 18.5. The van der Waals surface area contributed by atoms with Crippen molar-refractivity contribution in [2.45, 2.75) is 195 Å². The van der Waals surface area contributed by atoms with Crippen LogP contribution in [-0.4, -0.2) is 23.4 Å². The van der Waals surface area contributed by atoms with Crippen molar-refractivity contribution in [1.82, 2.24) is 0 Å². The zero-order valence-electron chi connectivity index (χ0n) is 28.5. The summed E-state index contributed by atoms with van der Waals surface area (Å²) in [6, 6.07) is 0. The zero-order valence-corrected chi connectivity index (χ0v) is 28.5. The van der Waals surface area contributed by atoms with Gasteiger partial charge in [0.15, 0.2) is 11.5 Å². The van der Waals surface area contributed by atoms with Crippen LogP contribution >= 0.6 is 0 Å². The Kier molecular flexibility index (Phi) is 24.7. The average Bonchev–Trinajstić information content (AvgIpc) is 2.99. The van der Waals surface area contributed by atoms with E-state index in [0.717, 1.165) is 62.5 Å². The van der Waals surface area contributed by atoms with Gasteiger partial charge in [-0.05, 0) is 38.5 Å². The van der Waals surface area contributed by atoms with Crippen LogP contribution in [-0.2, 0) is 12.8 Å². The van der Waals surface area contributed by atoms with Gasteiger partial charge in [-0.15, -0.1) is 0 Å². The van der Waals surface area contributed by atoms with Gasteiger partial charge in [0.05, 0.1) is 13.2 Å². The highest BCUT2D eigenvalue weighted by Gasteiger charge is 2.26. The standard InChI is InChI=1S/C38H70O4/c1-5-9-13-17-19-23-27-31-41-37-34(30-26-22-16-12-8-4)33(29-25-21-15-11-7-3)35(39)36(40)38(37)42-32-28-24-20-18-14-10-6-2/h39-40H,5-32H2,1-4H3. The minimum Gasteiger partial charge on any atom is -0.504 e. The van der Waals surface area contributed by atoms with Crippen molar-refractivity contribution < 1.29 is 19.7 Å². The Morgan fingerprint density at radius 1 is 0.357 bits per heavy atom. The second kappa shape index (κ2) is 27.0. The molecule has 0 bridgehead atoms. The maximum atomic E-state index is 11.3. The molecular formula is C38H70O4. The van der Waals surface area contributed by atoms with Gasteiger partial charge in [0.1, 0.15) is 0 Å². The Morgan fingerprint density at radius 2 is 0.690 bits per heavy atom. The summed E-state index contributed by atoms with van der Waals surface area (Å²) in [6.45, 7) is 10.2. The SMILES string of the molecule is CCCCCCCCCOc1c(O)c(O)c(CCCCCCC)c(CCCCCCC)c1OCCCCCCCCC. The van der Waals surface area contributed by atoms with Crippen molar-refractivity contribution >= 4 is 0 Å². The monoisotopic (exact) mass is 591 g/mol. The van der Waals surface area contributed by atoms with Crippen molar-refractivity contribution in [3.63, 3.8) is 0 Å². The van der Waals surface area contributed by atoms with Gasteiger partial charge in [0, 0.05) is 11.1 Å². The van der Waals surface area contributed by atoms with Crippen molar-refractivity contribution in [2.24, 2.45) is 0 Å². The van der Waals surface area contributed by atoms with Gasteiger partial charge in [-0.2, -0.15) is 0 Å². The van der Waals surface area contributed by atoms with E-state index in [-0.39, 0.29) is 11.5 Å². The number of unbranched alkanes of at least 4 members (excludes halogenated alkanes) is 20. The average molecular weight is 591 g/mol. The summed E-state index contributed by atoms with van der Waals surface area (Å²) < 4.78 is 12.8. The van der Waals surface area contributed by atoms with E-state index in [1.165, 1.54) is 116 Å². The third-order valence-corrected chi connectivity index (χ3v) is 8.62. The Bertz CT molecular complexity index is 760. The van der Waals surface area contributed by atoms with Gasteiger partial charge in [0.25, 0.3) is 0 Å². The quantitative estimate of drug-likeness (QED) is 0.0691. The van der Waals surface area contributed by atoms with Gasteiger partial charge in [-0.25, -0.2) is 0 Å². The number of benzene rings is 1. The van der Waals surface area contributed by atoms with Crippen molar-refractivity contribution in [3.05, 3.63) is 11.1 Å². The summed E-state index contributed by atoms with van der Waals surface area (Å²) in [5, 5.41) is 22.5. The number of hydrogen-bond acceptors (Lipinski definition) is 4. The lowest BCUT2D eigenvalue weighted by atomic mass is 9.93. The molecule has 0 unspecified atom stereocenters. The second-order valence-electron chi connectivity index (χ2n) is 12.6. The maximum Gasteiger partial charge on any atom is 0.207 e. The van der Waals surface area contributed by atoms with Gasteiger partial charge in [-0.3, -0.25) is 0 Å². The van der Waals surface area contributed by atoms with Gasteiger partial charge in [-0.1, -0.05) is 156 Å². The molecule has 0 atom stereocenters. The summed E-state index contributed by atoms with van der Waals surface area (Å²) in [5.74, 6) is 0.982. The minimum absolute atomic E-state index is 0.0203. The van der Waals surface area contributed by atoms with E-state index < -0.39 is 0 Å². The predicted octanol–water partition coefficient (Wildman–Crippen LogP) is 12.4. The summed E-state index contributed by atoms with van der Waals surface area (Å²) in [5.41, 5.74) is 1.96. The fourth-order valence-electron chi connectivity index (χ4n) is 5.87. The summed E-state index contributed by atoms with van der Waals surface area (Å²) in [7, 11) is 0. The fraction of sp³-hybridized carbons (Fsp3) is 0.842. The first kappa shape index (κ1) is 38.4. The highest BCUT2D eigenvalue weighted by atomic mass is 16.5. The van der Waals surface area contributed by atoms with E-state index in [2.05, 4.69) is 27.7 Å². The molecule has 0 aromatic heterocycles. The van der Waals surface area contributed by atoms with E-state index in [1.54, 1.807) is 0 Å². The largest absolute Gasteiger partial charge is 0.504 e. The predicted molar refractivity (Wildman–Crippen MR) is 182 cm³/mol. The molecule has 42 heavy (non-hydrogen) atoms. The summed E-state index contributed by atoms with van der Waals surface area (Å²) in [6.07, 6.45) is 30.6. The molecule has 4 nitrogen and oxygen atoms in total. The van der Waals surface area contributed by atoms with Crippen LogP contribution in [0.4, 0.5) is 0 Å². The Hall–Kier alpha value is -1.58. The van der Waals surface area contributed by atoms with Crippen LogP contribution in [0.25, 0.3) is 0 Å². The van der Waals surface area contributed by atoms with Crippen molar-refractivity contribution in [1.29, 1.82) is 0 Å². The molecule has 0 saturated heterocycles. The van der Waals surface area contributed by atoms with Crippen molar-refractivity contribution in [2.75, 3.05) is 13.2 Å². The highest BCUT2D eigenvalue weighted by Crippen LogP contribution is 2.50. The molecule has 1 rings (SSSR count). The number of phenolic OH excluding ortho intramolecular Hbond substituents is 2. The lowest BCUT2D eigenvalue weighted by molar-refractivity contribution is 0.242. The Balaban J connectivity index is 3.07. The highest BCUT2D eigenvalue weighted by molar-refractivity contribution is 5.66. The summed E-state index contributed by atoms with van der Waals surface area (Å²) >= 11 is 0. The molecule has 0 fully saturated rings. The molecule has 0 spiro atoms. The van der Waals surface area contributed by atoms with Crippen LogP contribution < -0.4 is 9.47 Å². The van der Waals surface area contributed by atoms with Crippen LogP contribution in [0.5, 0.6) is 23.0 Å². The van der Waals surface area contributed by atoms with Crippen LogP contribution in [0.2, 0.25) is 0 Å².